The Morgan fingerprint density at radius 3 is 2.47 bits per heavy atom. The minimum atomic E-state index is 0.362. The smallest absolute Gasteiger partial charge is 0.0582 e. The van der Waals surface area contributed by atoms with E-state index in [1.165, 1.54) is 22.3 Å². The van der Waals surface area contributed by atoms with Crippen LogP contribution in [-0.4, -0.2) is 6.54 Å². The molecule has 2 aromatic rings. The molecule has 0 aromatic heterocycles. The van der Waals surface area contributed by atoms with E-state index in [1.54, 1.807) is 0 Å². The van der Waals surface area contributed by atoms with E-state index in [0.29, 0.717) is 6.04 Å². The molecule has 1 aliphatic rings. The van der Waals surface area contributed by atoms with Crippen LogP contribution in [0.15, 0.2) is 48.5 Å². The quantitative estimate of drug-likeness (QED) is 0.782. The largest absolute Gasteiger partial charge is 0.306 e. The Balaban J connectivity index is 2.09. The van der Waals surface area contributed by atoms with Crippen molar-refractivity contribution in [3.05, 3.63) is 70.8 Å². The molecule has 1 aliphatic heterocycles. The average molecular weight is 223 g/mol. The third-order valence-electron chi connectivity index (χ3n) is 3.61. The van der Waals surface area contributed by atoms with Gasteiger partial charge in [0.05, 0.1) is 6.04 Å². The summed E-state index contributed by atoms with van der Waals surface area (Å²) in [5.41, 5.74) is 5.69. The summed E-state index contributed by atoms with van der Waals surface area (Å²) >= 11 is 0. The van der Waals surface area contributed by atoms with Crippen molar-refractivity contribution in [1.82, 2.24) is 5.32 Å². The van der Waals surface area contributed by atoms with Crippen molar-refractivity contribution in [1.29, 1.82) is 0 Å². The van der Waals surface area contributed by atoms with Crippen molar-refractivity contribution < 1.29 is 0 Å². The molecular weight excluding hydrogens is 206 g/mol. The van der Waals surface area contributed by atoms with Crippen LogP contribution < -0.4 is 5.32 Å². The lowest BCUT2D eigenvalue weighted by atomic mass is 9.88. The zero-order chi connectivity index (χ0) is 11.7. The van der Waals surface area contributed by atoms with Gasteiger partial charge in [0.15, 0.2) is 0 Å². The summed E-state index contributed by atoms with van der Waals surface area (Å²) in [4.78, 5) is 0. The maximum absolute atomic E-state index is 3.63. The second-order valence-electron chi connectivity index (χ2n) is 4.69. The molecule has 1 heteroatoms. The average Bonchev–Trinajstić information content (AvgIpc) is 2.39. The molecule has 0 saturated heterocycles. The summed E-state index contributed by atoms with van der Waals surface area (Å²) in [6.07, 6.45) is 1.14. The predicted octanol–water partition coefficient (Wildman–Crippen LogP) is 3.23. The summed E-state index contributed by atoms with van der Waals surface area (Å²) in [7, 11) is 0. The van der Waals surface area contributed by atoms with Crippen LogP contribution in [0.4, 0.5) is 0 Å². The molecule has 2 aromatic carbocycles. The van der Waals surface area contributed by atoms with Gasteiger partial charge in [-0.15, -0.1) is 0 Å². The first-order valence-corrected chi connectivity index (χ1v) is 6.23. The van der Waals surface area contributed by atoms with Gasteiger partial charge in [0.25, 0.3) is 0 Å². The van der Waals surface area contributed by atoms with E-state index >= 15 is 0 Å². The number of hydrogen-bond donors (Lipinski definition) is 1. The first-order valence-electron chi connectivity index (χ1n) is 6.23. The molecule has 0 aliphatic carbocycles. The molecule has 1 nitrogen and oxygen atoms in total. The van der Waals surface area contributed by atoms with Crippen molar-refractivity contribution in [3.63, 3.8) is 0 Å². The summed E-state index contributed by atoms with van der Waals surface area (Å²) in [6, 6.07) is 17.8. The Morgan fingerprint density at radius 1 is 0.941 bits per heavy atom. The summed E-state index contributed by atoms with van der Waals surface area (Å²) in [6.45, 7) is 3.25. The van der Waals surface area contributed by atoms with Crippen LogP contribution in [0.5, 0.6) is 0 Å². The Bertz CT molecular complexity index is 531. The van der Waals surface area contributed by atoms with E-state index < -0.39 is 0 Å². The Labute approximate surface area is 102 Å². The molecule has 17 heavy (non-hydrogen) atoms. The highest BCUT2D eigenvalue weighted by Gasteiger charge is 2.21. The number of hydrogen-bond acceptors (Lipinski definition) is 1. The van der Waals surface area contributed by atoms with Crippen LogP contribution in [0.1, 0.15) is 28.3 Å². The van der Waals surface area contributed by atoms with E-state index in [2.05, 4.69) is 60.8 Å². The maximum atomic E-state index is 3.63. The molecular formula is C16H17N. The fourth-order valence-electron chi connectivity index (χ4n) is 2.69. The van der Waals surface area contributed by atoms with Gasteiger partial charge in [-0.1, -0.05) is 48.5 Å². The molecule has 3 rings (SSSR count). The van der Waals surface area contributed by atoms with Gasteiger partial charge in [-0.25, -0.2) is 0 Å². The fraction of sp³-hybridized carbons (Fsp3) is 0.250. The molecule has 0 unspecified atom stereocenters. The van der Waals surface area contributed by atoms with Crippen molar-refractivity contribution in [2.75, 3.05) is 6.54 Å². The molecule has 1 atom stereocenters. The molecule has 0 spiro atoms. The van der Waals surface area contributed by atoms with E-state index in [4.69, 9.17) is 0 Å². The zero-order valence-electron chi connectivity index (χ0n) is 10.1. The zero-order valence-corrected chi connectivity index (χ0v) is 10.1. The van der Waals surface area contributed by atoms with Crippen LogP contribution in [0.25, 0.3) is 0 Å². The molecule has 1 N–H and O–H groups in total. The van der Waals surface area contributed by atoms with Gasteiger partial charge in [0.1, 0.15) is 0 Å². The standard InChI is InChI=1S/C16H17N/c1-12-6-2-4-8-14(12)16-15-9-5-3-7-13(15)10-11-17-16/h2-9,16-17H,10-11H2,1H3/t16-/m0/s1. The van der Waals surface area contributed by atoms with Gasteiger partial charge in [0.2, 0.25) is 0 Å². The van der Waals surface area contributed by atoms with Crippen LogP contribution in [0.3, 0.4) is 0 Å². The lowest BCUT2D eigenvalue weighted by molar-refractivity contribution is 0.566. The lowest BCUT2D eigenvalue weighted by Crippen LogP contribution is -2.30. The van der Waals surface area contributed by atoms with Crippen LogP contribution in [-0.2, 0) is 6.42 Å². The lowest BCUT2D eigenvalue weighted by Gasteiger charge is -2.28. The highest BCUT2D eigenvalue weighted by molar-refractivity contribution is 5.42. The predicted molar refractivity (Wildman–Crippen MR) is 71.2 cm³/mol. The Hall–Kier alpha value is -1.60. The molecule has 86 valence electrons. The summed E-state index contributed by atoms with van der Waals surface area (Å²) in [5.74, 6) is 0. The second-order valence-corrected chi connectivity index (χ2v) is 4.69. The van der Waals surface area contributed by atoms with E-state index in [1.807, 2.05) is 0 Å². The molecule has 0 amide bonds. The van der Waals surface area contributed by atoms with Gasteiger partial charge in [-0.3, -0.25) is 0 Å². The van der Waals surface area contributed by atoms with Gasteiger partial charge < -0.3 is 5.32 Å². The monoisotopic (exact) mass is 223 g/mol. The molecule has 0 saturated carbocycles. The summed E-state index contributed by atoms with van der Waals surface area (Å²) < 4.78 is 0. The highest BCUT2D eigenvalue weighted by atomic mass is 14.9. The fourth-order valence-corrected chi connectivity index (χ4v) is 2.69. The van der Waals surface area contributed by atoms with Crippen LogP contribution >= 0.6 is 0 Å². The maximum Gasteiger partial charge on any atom is 0.0582 e. The minimum Gasteiger partial charge on any atom is -0.306 e. The topological polar surface area (TPSA) is 12.0 Å². The Kier molecular flexibility index (Phi) is 2.69. The van der Waals surface area contributed by atoms with Crippen molar-refractivity contribution in [3.8, 4) is 0 Å². The van der Waals surface area contributed by atoms with E-state index in [9.17, 15) is 0 Å². The van der Waals surface area contributed by atoms with Crippen molar-refractivity contribution in [2.45, 2.75) is 19.4 Å². The minimum absolute atomic E-state index is 0.362. The third kappa shape index (κ3) is 1.87. The number of rotatable bonds is 1. The first-order chi connectivity index (χ1) is 8.36. The van der Waals surface area contributed by atoms with Crippen molar-refractivity contribution >= 4 is 0 Å². The normalized spacial score (nSPS) is 18.8. The molecule has 0 fully saturated rings. The van der Waals surface area contributed by atoms with Gasteiger partial charge in [-0.05, 0) is 35.6 Å². The highest BCUT2D eigenvalue weighted by Crippen LogP contribution is 2.29. The summed E-state index contributed by atoms with van der Waals surface area (Å²) in [5, 5.41) is 3.63. The van der Waals surface area contributed by atoms with Gasteiger partial charge >= 0.3 is 0 Å². The van der Waals surface area contributed by atoms with Crippen LogP contribution in [0.2, 0.25) is 0 Å². The Morgan fingerprint density at radius 2 is 1.65 bits per heavy atom. The van der Waals surface area contributed by atoms with Gasteiger partial charge in [0, 0.05) is 6.54 Å². The number of nitrogens with one attached hydrogen (secondary N) is 1. The number of aryl methyl sites for hydroxylation is 1. The third-order valence-corrected chi connectivity index (χ3v) is 3.61. The molecule has 1 heterocycles. The number of fused-ring (bicyclic) bond motifs is 1. The SMILES string of the molecule is Cc1ccccc1[C@@H]1NCCc2ccccc21. The second kappa shape index (κ2) is 4.34. The van der Waals surface area contributed by atoms with Gasteiger partial charge in [-0.2, -0.15) is 0 Å². The van der Waals surface area contributed by atoms with Crippen LogP contribution in [0, 0.1) is 6.92 Å². The first kappa shape index (κ1) is 10.5. The van der Waals surface area contributed by atoms with E-state index in [-0.39, 0.29) is 0 Å². The van der Waals surface area contributed by atoms with Crippen molar-refractivity contribution in [2.24, 2.45) is 0 Å². The molecule has 0 bridgehead atoms. The number of benzene rings is 2. The molecule has 0 radical (unpaired) electrons. The van der Waals surface area contributed by atoms with E-state index in [0.717, 1.165) is 13.0 Å².